The van der Waals surface area contributed by atoms with Crippen molar-refractivity contribution in [3.05, 3.63) is 0 Å². The van der Waals surface area contributed by atoms with Gasteiger partial charge >= 0.3 is 12.1 Å². The van der Waals surface area contributed by atoms with Gasteiger partial charge in [0.15, 0.2) is 0 Å². The van der Waals surface area contributed by atoms with E-state index in [1.54, 1.807) is 6.92 Å². The maximum atomic E-state index is 11.9. The zero-order valence-electron chi connectivity index (χ0n) is 11.4. The number of hydrogen-bond acceptors (Lipinski definition) is 6. The van der Waals surface area contributed by atoms with E-state index >= 15 is 0 Å². The Bertz CT molecular complexity index is 406. The van der Waals surface area contributed by atoms with Gasteiger partial charge in [-0.1, -0.05) is 0 Å². The van der Waals surface area contributed by atoms with Gasteiger partial charge in [0.25, 0.3) is 0 Å². The van der Waals surface area contributed by atoms with Gasteiger partial charge in [-0.2, -0.15) is 0 Å². The van der Waals surface area contributed by atoms with E-state index in [0.717, 1.165) is 4.90 Å². The molecule has 0 aromatic heterocycles. The van der Waals surface area contributed by atoms with Crippen molar-refractivity contribution in [3.63, 3.8) is 0 Å². The molecule has 2 heterocycles. The molecule has 0 aliphatic carbocycles. The number of carboxylic acid groups (broad SMARTS) is 1. The number of hydrogen-bond donors (Lipinski definition) is 1. The molecule has 112 valence electrons. The number of carbonyl (C=O) groups is 3. The zero-order chi connectivity index (χ0) is 14.7. The summed E-state index contributed by atoms with van der Waals surface area (Å²) in [4.78, 5) is 39.0. The highest BCUT2D eigenvalue weighted by Gasteiger charge is 2.31. The van der Waals surface area contributed by atoms with E-state index in [1.807, 2.05) is 9.80 Å². The maximum Gasteiger partial charge on any atom is 0.416 e. The molecule has 0 radical (unpaired) electrons. The van der Waals surface area contributed by atoms with Gasteiger partial charge in [0, 0.05) is 26.2 Å². The summed E-state index contributed by atoms with van der Waals surface area (Å²) < 4.78 is 4.72. The van der Waals surface area contributed by atoms with Gasteiger partial charge in [0.1, 0.15) is 12.6 Å². The van der Waals surface area contributed by atoms with E-state index in [1.165, 1.54) is 0 Å². The van der Waals surface area contributed by atoms with Crippen molar-refractivity contribution < 1.29 is 24.2 Å². The molecule has 2 rings (SSSR count). The highest BCUT2D eigenvalue weighted by molar-refractivity contribution is 5.94. The second kappa shape index (κ2) is 6.19. The monoisotopic (exact) mass is 285 g/mol. The van der Waals surface area contributed by atoms with Crippen molar-refractivity contribution in [2.45, 2.75) is 13.0 Å². The number of carbonyl (C=O) groups excluding carboxylic acids is 2. The summed E-state index contributed by atoms with van der Waals surface area (Å²) in [5.74, 6) is -1.10. The lowest BCUT2D eigenvalue weighted by Gasteiger charge is -2.36. The minimum Gasteiger partial charge on any atom is -0.480 e. The first-order valence-electron chi connectivity index (χ1n) is 6.65. The van der Waals surface area contributed by atoms with E-state index in [2.05, 4.69) is 0 Å². The molecule has 0 bridgehead atoms. The molecule has 2 aliphatic heterocycles. The lowest BCUT2D eigenvalue weighted by Crippen LogP contribution is -2.53. The molecular formula is C12H19N3O5. The van der Waals surface area contributed by atoms with Gasteiger partial charge in [0.05, 0.1) is 13.1 Å². The van der Waals surface area contributed by atoms with Gasteiger partial charge in [-0.25, -0.2) is 9.69 Å². The quantitative estimate of drug-likeness (QED) is 0.712. The molecule has 0 saturated carbocycles. The molecular weight excluding hydrogens is 266 g/mol. The summed E-state index contributed by atoms with van der Waals surface area (Å²) in [7, 11) is 0. The number of rotatable bonds is 4. The fourth-order valence-electron chi connectivity index (χ4n) is 2.36. The molecule has 2 amide bonds. The molecule has 2 aliphatic rings. The second-order valence-electron chi connectivity index (χ2n) is 4.99. The third kappa shape index (κ3) is 3.26. The van der Waals surface area contributed by atoms with Crippen LogP contribution in [0.15, 0.2) is 0 Å². The van der Waals surface area contributed by atoms with Crippen molar-refractivity contribution in [1.29, 1.82) is 0 Å². The Labute approximate surface area is 116 Å². The maximum absolute atomic E-state index is 11.9. The van der Waals surface area contributed by atoms with Gasteiger partial charge in [-0.15, -0.1) is 0 Å². The summed E-state index contributed by atoms with van der Waals surface area (Å²) >= 11 is 0. The standard InChI is InChI=1S/C12H19N3O5/c1-9(11(17)18)14-4-2-13(3-5-14)8-10(16)15-6-7-20-12(15)19/h9H,2-8H2,1H3,(H,17,18). The predicted octanol–water partition coefficient (Wildman–Crippen LogP) is -0.944. The second-order valence-corrected chi connectivity index (χ2v) is 4.99. The summed E-state index contributed by atoms with van der Waals surface area (Å²) in [5.41, 5.74) is 0. The van der Waals surface area contributed by atoms with Crippen molar-refractivity contribution in [3.8, 4) is 0 Å². The number of ether oxygens (including phenoxy) is 1. The predicted molar refractivity (Wildman–Crippen MR) is 68.2 cm³/mol. The van der Waals surface area contributed by atoms with Crippen LogP contribution in [0.3, 0.4) is 0 Å². The summed E-state index contributed by atoms with van der Waals surface area (Å²) in [6.07, 6.45) is -0.576. The van der Waals surface area contributed by atoms with Crippen LogP contribution in [0.4, 0.5) is 4.79 Å². The Morgan fingerprint density at radius 1 is 1.25 bits per heavy atom. The number of imide groups is 1. The highest BCUT2D eigenvalue weighted by atomic mass is 16.6. The van der Waals surface area contributed by atoms with Gasteiger partial charge < -0.3 is 9.84 Å². The third-order valence-electron chi connectivity index (χ3n) is 3.73. The Kier molecular flexibility index (Phi) is 4.56. The molecule has 1 unspecified atom stereocenters. The Balaban J connectivity index is 1.78. The number of cyclic esters (lactones) is 1. The van der Waals surface area contributed by atoms with Gasteiger partial charge in [0.2, 0.25) is 5.91 Å². The van der Waals surface area contributed by atoms with Crippen LogP contribution < -0.4 is 0 Å². The Morgan fingerprint density at radius 3 is 2.40 bits per heavy atom. The molecule has 8 heteroatoms. The first-order valence-corrected chi connectivity index (χ1v) is 6.65. The van der Waals surface area contributed by atoms with Crippen LogP contribution in [0.2, 0.25) is 0 Å². The first-order chi connectivity index (χ1) is 9.49. The average molecular weight is 285 g/mol. The molecule has 20 heavy (non-hydrogen) atoms. The van der Waals surface area contributed by atoms with Crippen LogP contribution in [0.5, 0.6) is 0 Å². The molecule has 0 aromatic rings. The topological polar surface area (TPSA) is 90.4 Å². The molecule has 0 aromatic carbocycles. The number of amides is 2. The van der Waals surface area contributed by atoms with Gasteiger partial charge in [-0.3, -0.25) is 19.4 Å². The first kappa shape index (κ1) is 14.7. The molecule has 0 spiro atoms. The van der Waals surface area contributed by atoms with Crippen LogP contribution >= 0.6 is 0 Å². The number of aliphatic carboxylic acids is 1. The fraction of sp³-hybridized carbons (Fsp3) is 0.750. The normalized spacial score (nSPS) is 22.6. The molecule has 2 saturated heterocycles. The third-order valence-corrected chi connectivity index (χ3v) is 3.73. The summed E-state index contributed by atoms with van der Waals surface area (Å²) in [6.45, 7) is 4.84. The summed E-state index contributed by atoms with van der Waals surface area (Å²) in [6, 6.07) is -0.513. The van der Waals surface area contributed by atoms with E-state index in [0.29, 0.717) is 32.7 Å². The Hall–Kier alpha value is -1.67. The SMILES string of the molecule is CC(C(=O)O)N1CCN(CC(=O)N2CCOC2=O)CC1. The summed E-state index contributed by atoms with van der Waals surface area (Å²) in [5, 5.41) is 8.95. The minimum atomic E-state index is -0.839. The van der Waals surface area contributed by atoms with Crippen molar-refractivity contribution >= 4 is 18.0 Å². The minimum absolute atomic E-state index is 0.171. The number of nitrogens with zero attached hydrogens (tertiary/aromatic N) is 3. The van der Waals surface area contributed by atoms with E-state index in [4.69, 9.17) is 9.84 Å². The van der Waals surface area contributed by atoms with Crippen molar-refractivity contribution in [1.82, 2.24) is 14.7 Å². The van der Waals surface area contributed by atoms with Crippen LogP contribution in [0.1, 0.15) is 6.92 Å². The molecule has 1 atom stereocenters. The number of carboxylic acids is 1. The van der Waals surface area contributed by atoms with E-state index < -0.39 is 18.1 Å². The van der Waals surface area contributed by atoms with Crippen LogP contribution in [0, 0.1) is 0 Å². The van der Waals surface area contributed by atoms with Gasteiger partial charge in [-0.05, 0) is 6.92 Å². The average Bonchev–Trinajstić information content (AvgIpc) is 2.85. The smallest absolute Gasteiger partial charge is 0.416 e. The largest absolute Gasteiger partial charge is 0.480 e. The molecule has 2 fully saturated rings. The Morgan fingerprint density at radius 2 is 1.90 bits per heavy atom. The van der Waals surface area contributed by atoms with Crippen molar-refractivity contribution in [2.75, 3.05) is 45.9 Å². The highest BCUT2D eigenvalue weighted by Crippen LogP contribution is 2.09. The van der Waals surface area contributed by atoms with Crippen LogP contribution in [0.25, 0.3) is 0 Å². The molecule has 1 N–H and O–H groups in total. The van der Waals surface area contributed by atoms with Crippen LogP contribution in [-0.4, -0.2) is 89.7 Å². The zero-order valence-corrected chi connectivity index (χ0v) is 11.4. The fourth-order valence-corrected chi connectivity index (χ4v) is 2.36. The van der Waals surface area contributed by atoms with Crippen LogP contribution in [-0.2, 0) is 14.3 Å². The van der Waals surface area contributed by atoms with E-state index in [9.17, 15) is 14.4 Å². The lowest BCUT2D eigenvalue weighted by molar-refractivity contribution is -0.143. The molecule has 8 nitrogen and oxygen atoms in total. The van der Waals surface area contributed by atoms with E-state index in [-0.39, 0.29) is 19.1 Å². The lowest BCUT2D eigenvalue weighted by atomic mass is 10.2. The van der Waals surface area contributed by atoms with Crippen molar-refractivity contribution in [2.24, 2.45) is 0 Å². The number of piperazine rings is 1.